The zero-order valence-corrected chi connectivity index (χ0v) is 8.16. The average molecular weight is 191 g/mol. The van der Waals surface area contributed by atoms with Gasteiger partial charge in [-0.25, -0.2) is 4.98 Å². The van der Waals surface area contributed by atoms with E-state index in [-0.39, 0.29) is 0 Å². The second-order valence-corrected chi connectivity index (χ2v) is 3.27. The van der Waals surface area contributed by atoms with Crippen LogP contribution in [0.5, 0.6) is 0 Å². The number of nitrogens with two attached hydrogens (primary N) is 1. The SMILES string of the molecule is Cc1ccc2oc(CCCN)nc2n1. The Morgan fingerprint density at radius 1 is 1.36 bits per heavy atom. The number of oxazole rings is 1. The second kappa shape index (κ2) is 3.75. The summed E-state index contributed by atoms with van der Waals surface area (Å²) in [6.45, 7) is 2.60. The third kappa shape index (κ3) is 1.75. The van der Waals surface area contributed by atoms with Gasteiger partial charge in [0.25, 0.3) is 0 Å². The molecule has 0 aliphatic rings. The van der Waals surface area contributed by atoms with E-state index in [0.717, 1.165) is 30.0 Å². The van der Waals surface area contributed by atoms with E-state index in [1.165, 1.54) is 0 Å². The number of nitrogens with zero attached hydrogens (tertiary/aromatic N) is 2. The summed E-state index contributed by atoms with van der Waals surface area (Å²) in [5.41, 5.74) is 7.81. The minimum Gasteiger partial charge on any atom is -0.439 e. The maximum Gasteiger partial charge on any atom is 0.199 e. The molecule has 74 valence electrons. The molecule has 2 aromatic heterocycles. The molecule has 2 heterocycles. The van der Waals surface area contributed by atoms with Gasteiger partial charge in [-0.1, -0.05) is 0 Å². The van der Waals surface area contributed by atoms with Gasteiger partial charge in [0.1, 0.15) is 0 Å². The Balaban J connectivity index is 2.32. The monoisotopic (exact) mass is 191 g/mol. The molecule has 2 rings (SSSR count). The summed E-state index contributed by atoms with van der Waals surface area (Å²) >= 11 is 0. The van der Waals surface area contributed by atoms with Crippen LogP contribution < -0.4 is 5.73 Å². The smallest absolute Gasteiger partial charge is 0.199 e. The fourth-order valence-electron chi connectivity index (χ4n) is 1.32. The molecule has 0 amide bonds. The number of fused-ring (bicyclic) bond motifs is 1. The molecule has 0 spiro atoms. The topological polar surface area (TPSA) is 64.9 Å². The Kier molecular flexibility index (Phi) is 2.45. The Labute approximate surface area is 82.1 Å². The summed E-state index contributed by atoms with van der Waals surface area (Å²) in [6.07, 6.45) is 1.68. The maximum atomic E-state index is 5.50. The highest BCUT2D eigenvalue weighted by atomic mass is 16.3. The molecule has 14 heavy (non-hydrogen) atoms. The Morgan fingerprint density at radius 3 is 3.00 bits per heavy atom. The van der Waals surface area contributed by atoms with Crippen molar-refractivity contribution in [3.05, 3.63) is 23.7 Å². The predicted molar refractivity (Wildman–Crippen MR) is 53.9 cm³/mol. The molecule has 4 heteroatoms. The molecule has 0 unspecified atom stereocenters. The molecule has 2 aromatic rings. The summed E-state index contributed by atoms with van der Waals surface area (Å²) in [5.74, 6) is 0.726. The summed E-state index contributed by atoms with van der Waals surface area (Å²) in [5, 5.41) is 0. The van der Waals surface area contributed by atoms with Crippen LogP contribution in [0.15, 0.2) is 16.5 Å². The van der Waals surface area contributed by atoms with Gasteiger partial charge < -0.3 is 10.2 Å². The average Bonchev–Trinajstić information content (AvgIpc) is 2.56. The zero-order valence-electron chi connectivity index (χ0n) is 8.16. The predicted octanol–water partition coefficient (Wildman–Crippen LogP) is 1.42. The molecule has 0 saturated heterocycles. The molecule has 0 aliphatic carbocycles. The van der Waals surface area contributed by atoms with Gasteiger partial charge in [0.2, 0.25) is 0 Å². The number of rotatable bonds is 3. The second-order valence-electron chi connectivity index (χ2n) is 3.27. The number of hydrogen-bond donors (Lipinski definition) is 1. The van der Waals surface area contributed by atoms with Gasteiger partial charge in [-0.2, -0.15) is 4.98 Å². The number of aryl methyl sites for hydroxylation is 2. The van der Waals surface area contributed by atoms with Gasteiger partial charge in [-0.05, 0) is 32.0 Å². The van der Waals surface area contributed by atoms with Crippen LogP contribution in [-0.2, 0) is 6.42 Å². The lowest BCUT2D eigenvalue weighted by atomic mass is 10.3. The van der Waals surface area contributed by atoms with E-state index < -0.39 is 0 Å². The third-order valence-corrected chi connectivity index (χ3v) is 2.03. The van der Waals surface area contributed by atoms with Crippen molar-refractivity contribution in [3.8, 4) is 0 Å². The molecule has 4 nitrogen and oxygen atoms in total. The van der Waals surface area contributed by atoms with Crippen molar-refractivity contribution in [2.75, 3.05) is 6.54 Å². The molecular weight excluding hydrogens is 178 g/mol. The van der Waals surface area contributed by atoms with Gasteiger partial charge in [0, 0.05) is 12.1 Å². The number of aromatic nitrogens is 2. The van der Waals surface area contributed by atoms with E-state index in [4.69, 9.17) is 10.2 Å². The maximum absolute atomic E-state index is 5.50. The van der Waals surface area contributed by atoms with Crippen LogP contribution in [0.25, 0.3) is 11.2 Å². The highest BCUT2D eigenvalue weighted by Gasteiger charge is 2.05. The van der Waals surface area contributed by atoms with Crippen molar-refractivity contribution >= 4 is 11.2 Å². The minimum atomic E-state index is 0.658. The van der Waals surface area contributed by atoms with Crippen LogP contribution in [0.3, 0.4) is 0 Å². The van der Waals surface area contributed by atoms with Crippen molar-refractivity contribution in [3.63, 3.8) is 0 Å². The van der Waals surface area contributed by atoms with Crippen LogP contribution in [0.2, 0.25) is 0 Å². The Hall–Kier alpha value is -1.42. The third-order valence-electron chi connectivity index (χ3n) is 2.03. The normalized spacial score (nSPS) is 11.0. The van der Waals surface area contributed by atoms with E-state index in [2.05, 4.69) is 9.97 Å². The zero-order chi connectivity index (χ0) is 9.97. The fourth-order valence-corrected chi connectivity index (χ4v) is 1.32. The van der Waals surface area contributed by atoms with Crippen molar-refractivity contribution in [1.82, 2.24) is 9.97 Å². The van der Waals surface area contributed by atoms with Crippen molar-refractivity contribution in [2.45, 2.75) is 19.8 Å². The van der Waals surface area contributed by atoms with Gasteiger partial charge >= 0.3 is 0 Å². The summed E-state index contributed by atoms with van der Waals surface area (Å²) in [6, 6.07) is 3.82. The summed E-state index contributed by atoms with van der Waals surface area (Å²) in [4.78, 5) is 8.55. The largest absolute Gasteiger partial charge is 0.439 e. The van der Waals surface area contributed by atoms with Gasteiger partial charge in [0.05, 0.1) is 0 Å². The molecule has 0 atom stereocenters. The Bertz CT molecular complexity index is 436. The summed E-state index contributed by atoms with van der Waals surface area (Å²) < 4.78 is 5.50. The lowest BCUT2D eigenvalue weighted by molar-refractivity contribution is 0.521. The molecule has 0 saturated carbocycles. The first-order valence-electron chi connectivity index (χ1n) is 4.73. The highest BCUT2D eigenvalue weighted by molar-refractivity contribution is 5.67. The highest BCUT2D eigenvalue weighted by Crippen LogP contribution is 2.14. The first kappa shape index (κ1) is 9.15. The van der Waals surface area contributed by atoms with Crippen molar-refractivity contribution < 1.29 is 4.42 Å². The van der Waals surface area contributed by atoms with Crippen LogP contribution in [0.4, 0.5) is 0 Å². The first-order valence-corrected chi connectivity index (χ1v) is 4.73. The molecule has 0 bridgehead atoms. The molecule has 0 aromatic carbocycles. The van der Waals surface area contributed by atoms with Crippen LogP contribution in [0, 0.1) is 6.92 Å². The molecule has 2 N–H and O–H groups in total. The van der Waals surface area contributed by atoms with E-state index in [1.807, 2.05) is 19.1 Å². The van der Waals surface area contributed by atoms with Crippen molar-refractivity contribution in [1.29, 1.82) is 0 Å². The number of pyridine rings is 1. The first-order chi connectivity index (χ1) is 6.79. The van der Waals surface area contributed by atoms with Gasteiger partial charge in [-0.3, -0.25) is 0 Å². The quantitative estimate of drug-likeness (QED) is 0.796. The van der Waals surface area contributed by atoms with E-state index >= 15 is 0 Å². The van der Waals surface area contributed by atoms with Crippen LogP contribution in [0.1, 0.15) is 18.0 Å². The molecule has 0 aliphatic heterocycles. The molecule has 0 fully saturated rings. The van der Waals surface area contributed by atoms with Gasteiger partial charge in [0.15, 0.2) is 17.1 Å². The standard InChI is InChI=1S/C10H13N3O/c1-7-4-5-8-10(12-7)13-9(14-8)3-2-6-11/h4-5H,2-3,6,11H2,1H3. The Morgan fingerprint density at radius 2 is 2.21 bits per heavy atom. The lowest BCUT2D eigenvalue weighted by Crippen LogP contribution is -2.00. The minimum absolute atomic E-state index is 0.658. The van der Waals surface area contributed by atoms with Crippen molar-refractivity contribution in [2.24, 2.45) is 5.73 Å². The fraction of sp³-hybridized carbons (Fsp3) is 0.400. The van der Waals surface area contributed by atoms with E-state index in [9.17, 15) is 0 Å². The lowest BCUT2D eigenvalue weighted by Gasteiger charge is -1.89. The van der Waals surface area contributed by atoms with Gasteiger partial charge in [-0.15, -0.1) is 0 Å². The molecular formula is C10H13N3O. The number of hydrogen-bond acceptors (Lipinski definition) is 4. The van der Waals surface area contributed by atoms with E-state index in [0.29, 0.717) is 12.2 Å². The molecule has 0 radical (unpaired) electrons. The van der Waals surface area contributed by atoms with Crippen LogP contribution >= 0.6 is 0 Å². The van der Waals surface area contributed by atoms with Crippen LogP contribution in [-0.4, -0.2) is 16.5 Å². The van der Waals surface area contributed by atoms with E-state index in [1.54, 1.807) is 0 Å². The summed E-state index contributed by atoms with van der Waals surface area (Å²) in [7, 11) is 0.